The largest absolute Gasteiger partial charge is 0.300 e. The second-order valence-corrected chi connectivity index (χ2v) is 4.76. The first-order valence-corrected chi connectivity index (χ1v) is 6.17. The molecule has 96 valence electrons. The van der Waals surface area contributed by atoms with E-state index < -0.39 is 0 Å². The van der Waals surface area contributed by atoms with Crippen LogP contribution in [0.4, 0.5) is 5.82 Å². The Morgan fingerprint density at radius 1 is 1.50 bits per heavy atom. The monoisotopic (exact) mass is 245 g/mol. The van der Waals surface area contributed by atoms with Crippen LogP contribution in [-0.4, -0.2) is 17.9 Å². The van der Waals surface area contributed by atoms with E-state index in [0.717, 1.165) is 12.8 Å². The van der Waals surface area contributed by atoms with Gasteiger partial charge in [-0.1, -0.05) is 20.3 Å². The molecule has 1 rings (SSSR count). The van der Waals surface area contributed by atoms with Gasteiger partial charge >= 0.3 is 0 Å². The van der Waals surface area contributed by atoms with E-state index in [1.54, 1.807) is 24.1 Å². The van der Waals surface area contributed by atoms with Gasteiger partial charge in [0, 0.05) is 19.7 Å². The van der Waals surface area contributed by atoms with Crippen LogP contribution in [0.15, 0.2) is 18.3 Å². The number of rotatable bonds is 5. The molecule has 1 heterocycles. The maximum atomic E-state index is 11.9. The Hall–Kier alpha value is -1.89. The van der Waals surface area contributed by atoms with Crippen LogP contribution in [0, 0.1) is 17.2 Å². The zero-order valence-electron chi connectivity index (χ0n) is 11.2. The highest BCUT2D eigenvalue weighted by Gasteiger charge is 2.11. The first-order valence-electron chi connectivity index (χ1n) is 6.17. The standard InChI is InChI=1S/C14H19N3O/c1-11(2)5-4-6-14(18)17(3)13-8-7-12(9-15)10-16-13/h7-8,10-11H,4-6H2,1-3H3. The van der Waals surface area contributed by atoms with E-state index in [9.17, 15) is 4.79 Å². The van der Waals surface area contributed by atoms with Crippen molar-refractivity contribution >= 4 is 11.7 Å². The smallest absolute Gasteiger partial charge is 0.227 e. The van der Waals surface area contributed by atoms with E-state index in [2.05, 4.69) is 18.8 Å². The van der Waals surface area contributed by atoms with Gasteiger partial charge in [-0.25, -0.2) is 4.98 Å². The number of nitriles is 1. The lowest BCUT2D eigenvalue weighted by atomic mass is 10.1. The third kappa shape index (κ3) is 4.17. The molecule has 0 aliphatic rings. The molecule has 0 aliphatic carbocycles. The number of aromatic nitrogens is 1. The summed E-state index contributed by atoms with van der Waals surface area (Å²) >= 11 is 0. The molecule has 18 heavy (non-hydrogen) atoms. The fourth-order valence-corrected chi connectivity index (χ4v) is 1.61. The molecule has 0 fully saturated rings. The van der Waals surface area contributed by atoms with E-state index in [0.29, 0.717) is 23.7 Å². The lowest BCUT2D eigenvalue weighted by Crippen LogP contribution is -2.26. The second-order valence-electron chi connectivity index (χ2n) is 4.76. The lowest BCUT2D eigenvalue weighted by Gasteiger charge is -2.16. The van der Waals surface area contributed by atoms with E-state index >= 15 is 0 Å². The van der Waals surface area contributed by atoms with Gasteiger partial charge in [-0.15, -0.1) is 0 Å². The highest BCUT2D eigenvalue weighted by Crippen LogP contribution is 2.13. The van der Waals surface area contributed by atoms with Crippen LogP contribution in [0.2, 0.25) is 0 Å². The summed E-state index contributed by atoms with van der Waals surface area (Å²) in [6, 6.07) is 5.36. The zero-order chi connectivity index (χ0) is 13.5. The van der Waals surface area contributed by atoms with E-state index in [4.69, 9.17) is 5.26 Å². The van der Waals surface area contributed by atoms with Crippen molar-refractivity contribution in [2.75, 3.05) is 11.9 Å². The Bertz CT molecular complexity index is 431. The molecule has 0 aromatic carbocycles. The quantitative estimate of drug-likeness (QED) is 0.801. The number of amides is 1. The number of nitrogens with zero attached hydrogens (tertiary/aromatic N) is 3. The summed E-state index contributed by atoms with van der Waals surface area (Å²) in [5.74, 6) is 1.27. The first-order chi connectivity index (χ1) is 8.54. The number of carbonyl (C=O) groups excluding carboxylic acids is 1. The number of hydrogen-bond donors (Lipinski definition) is 0. The van der Waals surface area contributed by atoms with Crippen molar-refractivity contribution in [2.45, 2.75) is 33.1 Å². The van der Waals surface area contributed by atoms with Crippen molar-refractivity contribution in [1.29, 1.82) is 5.26 Å². The summed E-state index contributed by atoms with van der Waals surface area (Å²) in [5.41, 5.74) is 0.499. The van der Waals surface area contributed by atoms with Gasteiger partial charge < -0.3 is 0 Å². The maximum absolute atomic E-state index is 11.9. The molecule has 1 amide bonds. The molecule has 0 bridgehead atoms. The normalized spacial score (nSPS) is 10.2. The van der Waals surface area contributed by atoms with Gasteiger partial charge in [-0.2, -0.15) is 5.26 Å². The minimum Gasteiger partial charge on any atom is -0.300 e. The Morgan fingerprint density at radius 3 is 2.72 bits per heavy atom. The first kappa shape index (κ1) is 14.2. The van der Waals surface area contributed by atoms with Crippen molar-refractivity contribution in [2.24, 2.45) is 5.92 Å². The van der Waals surface area contributed by atoms with Gasteiger partial charge in [0.2, 0.25) is 5.91 Å². The summed E-state index contributed by atoms with van der Waals surface area (Å²) in [6.07, 6.45) is 3.97. The second kappa shape index (κ2) is 6.75. The van der Waals surface area contributed by atoms with Crippen molar-refractivity contribution in [3.63, 3.8) is 0 Å². The molecule has 0 N–H and O–H groups in total. The van der Waals surface area contributed by atoms with Gasteiger partial charge in [-0.3, -0.25) is 9.69 Å². The van der Waals surface area contributed by atoms with Crippen LogP contribution in [-0.2, 0) is 4.79 Å². The maximum Gasteiger partial charge on any atom is 0.227 e. The van der Waals surface area contributed by atoms with E-state index in [-0.39, 0.29) is 5.91 Å². The molecule has 1 aromatic rings. The molecule has 1 aromatic heterocycles. The summed E-state index contributed by atoms with van der Waals surface area (Å²) < 4.78 is 0. The Morgan fingerprint density at radius 2 is 2.22 bits per heavy atom. The summed E-state index contributed by atoms with van der Waals surface area (Å²) in [5, 5.41) is 8.67. The molecule has 0 spiro atoms. The molecule has 0 unspecified atom stereocenters. The summed E-state index contributed by atoms with van der Waals surface area (Å²) in [6.45, 7) is 4.30. The van der Waals surface area contributed by atoms with Gasteiger partial charge in [0.15, 0.2) is 0 Å². The third-order valence-corrected chi connectivity index (χ3v) is 2.77. The Kier molecular flexibility index (Phi) is 5.31. The predicted molar refractivity (Wildman–Crippen MR) is 71.1 cm³/mol. The van der Waals surface area contributed by atoms with Crippen molar-refractivity contribution < 1.29 is 4.79 Å². The molecule has 0 atom stereocenters. The molecule has 0 saturated carbocycles. The van der Waals surface area contributed by atoms with Crippen molar-refractivity contribution in [3.05, 3.63) is 23.9 Å². The van der Waals surface area contributed by atoms with E-state index in [1.165, 1.54) is 6.20 Å². The van der Waals surface area contributed by atoms with Crippen LogP contribution < -0.4 is 4.90 Å². The number of hydrogen-bond acceptors (Lipinski definition) is 3. The van der Waals surface area contributed by atoms with E-state index in [1.807, 2.05) is 6.07 Å². The van der Waals surface area contributed by atoms with Crippen molar-refractivity contribution in [1.82, 2.24) is 4.98 Å². The zero-order valence-corrected chi connectivity index (χ0v) is 11.2. The van der Waals surface area contributed by atoms with Crippen LogP contribution in [0.5, 0.6) is 0 Å². The van der Waals surface area contributed by atoms with Crippen LogP contribution in [0.1, 0.15) is 38.7 Å². The number of anilines is 1. The third-order valence-electron chi connectivity index (χ3n) is 2.77. The van der Waals surface area contributed by atoms with Gasteiger partial charge in [-0.05, 0) is 24.5 Å². The van der Waals surface area contributed by atoms with Gasteiger partial charge in [0.25, 0.3) is 0 Å². The predicted octanol–water partition coefficient (Wildman–Crippen LogP) is 2.74. The van der Waals surface area contributed by atoms with Gasteiger partial charge in [0.1, 0.15) is 11.9 Å². The summed E-state index contributed by atoms with van der Waals surface area (Å²) in [7, 11) is 1.71. The SMILES string of the molecule is CC(C)CCCC(=O)N(C)c1ccc(C#N)cn1. The summed E-state index contributed by atoms with van der Waals surface area (Å²) in [4.78, 5) is 17.5. The molecule has 0 saturated heterocycles. The Labute approximate surface area is 108 Å². The molecular weight excluding hydrogens is 226 g/mol. The molecule has 0 aliphatic heterocycles. The Balaban J connectivity index is 2.54. The molecule has 4 nitrogen and oxygen atoms in total. The highest BCUT2D eigenvalue weighted by atomic mass is 16.2. The average molecular weight is 245 g/mol. The van der Waals surface area contributed by atoms with Crippen LogP contribution in [0.25, 0.3) is 0 Å². The average Bonchev–Trinajstić information content (AvgIpc) is 2.37. The highest BCUT2D eigenvalue weighted by molar-refractivity contribution is 5.91. The topological polar surface area (TPSA) is 57.0 Å². The molecular formula is C14H19N3O. The fraction of sp³-hybridized carbons (Fsp3) is 0.500. The number of carbonyl (C=O) groups is 1. The fourth-order valence-electron chi connectivity index (χ4n) is 1.61. The number of pyridine rings is 1. The lowest BCUT2D eigenvalue weighted by molar-refractivity contribution is -0.118. The van der Waals surface area contributed by atoms with Crippen LogP contribution >= 0.6 is 0 Å². The molecule has 4 heteroatoms. The molecule has 0 radical (unpaired) electrons. The van der Waals surface area contributed by atoms with Crippen molar-refractivity contribution in [3.8, 4) is 6.07 Å². The minimum absolute atomic E-state index is 0.0628. The minimum atomic E-state index is 0.0628. The van der Waals surface area contributed by atoms with Gasteiger partial charge in [0.05, 0.1) is 5.56 Å². The van der Waals surface area contributed by atoms with Crippen LogP contribution in [0.3, 0.4) is 0 Å².